The minimum atomic E-state index is -0.452. The van der Waals surface area contributed by atoms with Crippen molar-refractivity contribution in [3.8, 4) is 0 Å². The monoisotopic (exact) mass is 440 g/mol. The Morgan fingerprint density at radius 2 is 2.00 bits per heavy atom. The zero-order valence-electron chi connectivity index (χ0n) is 18.8. The fraction of sp³-hybridized carbons (Fsp3) is 0.440. The van der Waals surface area contributed by atoms with Crippen molar-refractivity contribution in [3.63, 3.8) is 0 Å². The second-order valence-corrected chi connectivity index (χ2v) is 9.17. The second-order valence-electron chi connectivity index (χ2n) is 7.99. The molecule has 0 bridgehead atoms. The predicted molar refractivity (Wildman–Crippen MR) is 126 cm³/mol. The summed E-state index contributed by atoms with van der Waals surface area (Å²) >= 11 is 1.49. The second kappa shape index (κ2) is 10.8. The number of para-hydroxylation sites is 1. The zero-order chi connectivity index (χ0) is 22.4. The third-order valence-electron chi connectivity index (χ3n) is 5.59. The van der Waals surface area contributed by atoms with E-state index in [2.05, 4.69) is 37.4 Å². The van der Waals surface area contributed by atoms with Crippen LogP contribution in [0.15, 0.2) is 47.4 Å². The Morgan fingerprint density at radius 1 is 1.23 bits per heavy atom. The summed E-state index contributed by atoms with van der Waals surface area (Å²) in [6.07, 6.45) is 0.764. The molecular weight excluding hydrogens is 408 g/mol. The number of fused-ring (bicyclic) bond motifs is 1. The van der Waals surface area contributed by atoms with Crippen molar-refractivity contribution in [1.29, 1.82) is 0 Å². The van der Waals surface area contributed by atoms with E-state index in [-0.39, 0.29) is 11.8 Å². The van der Waals surface area contributed by atoms with Crippen LogP contribution in [0.3, 0.4) is 0 Å². The first-order chi connectivity index (χ1) is 14.9. The Hall–Kier alpha value is -2.31. The molecule has 0 saturated heterocycles. The van der Waals surface area contributed by atoms with Crippen molar-refractivity contribution in [2.24, 2.45) is 5.92 Å². The highest BCUT2D eigenvalue weighted by molar-refractivity contribution is 8.01. The number of aryl methyl sites for hydroxylation is 2. The van der Waals surface area contributed by atoms with Crippen molar-refractivity contribution in [1.82, 2.24) is 5.32 Å². The Labute approximate surface area is 189 Å². The van der Waals surface area contributed by atoms with Gasteiger partial charge < -0.3 is 15.0 Å². The van der Waals surface area contributed by atoms with Crippen LogP contribution in [0.2, 0.25) is 0 Å². The lowest BCUT2D eigenvalue weighted by Crippen LogP contribution is -2.47. The molecule has 6 heteroatoms. The largest absolute Gasteiger partial charge is 0.382 e. The molecule has 2 atom stereocenters. The molecule has 5 nitrogen and oxygen atoms in total. The molecule has 1 heterocycles. The summed E-state index contributed by atoms with van der Waals surface area (Å²) in [4.78, 5) is 29.2. The van der Waals surface area contributed by atoms with E-state index in [1.54, 1.807) is 0 Å². The fourth-order valence-electron chi connectivity index (χ4n) is 3.69. The maximum atomic E-state index is 13.6. The van der Waals surface area contributed by atoms with Gasteiger partial charge in [-0.25, -0.2) is 0 Å². The van der Waals surface area contributed by atoms with Crippen LogP contribution in [0.4, 0.5) is 5.69 Å². The lowest BCUT2D eigenvalue weighted by molar-refractivity contribution is -0.128. The number of thioether (sulfide) groups is 1. The summed E-state index contributed by atoms with van der Waals surface area (Å²) in [5, 5.41) is 2.51. The smallest absolute Gasteiger partial charge is 0.241 e. The van der Waals surface area contributed by atoms with Crippen LogP contribution in [-0.4, -0.2) is 36.8 Å². The summed E-state index contributed by atoms with van der Waals surface area (Å²) in [5.74, 6) is -0.533. The lowest BCUT2D eigenvalue weighted by Gasteiger charge is -2.36. The van der Waals surface area contributed by atoms with Crippen molar-refractivity contribution >= 4 is 29.3 Å². The van der Waals surface area contributed by atoms with E-state index in [1.807, 2.05) is 43.0 Å². The van der Waals surface area contributed by atoms with E-state index in [1.165, 1.54) is 17.3 Å². The maximum absolute atomic E-state index is 13.6. The number of carbonyl (C=O) groups excluding carboxylic acids is 2. The van der Waals surface area contributed by atoms with Crippen LogP contribution in [0.5, 0.6) is 0 Å². The van der Waals surface area contributed by atoms with Gasteiger partial charge in [-0.2, -0.15) is 0 Å². The number of hydrogen-bond donors (Lipinski definition) is 1. The highest BCUT2D eigenvalue weighted by Gasteiger charge is 2.39. The molecule has 31 heavy (non-hydrogen) atoms. The van der Waals surface area contributed by atoms with Gasteiger partial charge in [0.25, 0.3) is 0 Å². The van der Waals surface area contributed by atoms with E-state index in [9.17, 15) is 9.59 Å². The number of anilines is 1. The van der Waals surface area contributed by atoms with Gasteiger partial charge in [-0.1, -0.05) is 42.8 Å². The normalized spacial score (nSPS) is 16.7. The molecule has 0 saturated carbocycles. The predicted octanol–water partition coefficient (Wildman–Crippen LogP) is 4.49. The zero-order valence-corrected chi connectivity index (χ0v) is 19.6. The van der Waals surface area contributed by atoms with Gasteiger partial charge in [-0.3, -0.25) is 9.59 Å². The molecule has 2 aromatic rings. The van der Waals surface area contributed by atoms with Crippen molar-refractivity contribution < 1.29 is 14.3 Å². The average Bonchev–Trinajstić information content (AvgIpc) is 2.77. The molecule has 3 rings (SSSR count). The van der Waals surface area contributed by atoms with Gasteiger partial charge in [0.15, 0.2) is 0 Å². The van der Waals surface area contributed by atoms with Gasteiger partial charge in [0.1, 0.15) is 5.25 Å². The number of carbonyl (C=O) groups is 2. The highest BCUT2D eigenvalue weighted by atomic mass is 32.2. The Balaban J connectivity index is 1.78. The summed E-state index contributed by atoms with van der Waals surface area (Å²) < 4.78 is 5.32. The summed E-state index contributed by atoms with van der Waals surface area (Å²) in [7, 11) is 0. The lowest BCUT2D eigenvalue weighted by atomic mass is 10.0. The van der Waals surface area contributed by atoms with E-state index in [4.69, 9.17) is 4.74 Å². The van der Waals surface area contributed by atoms with Gasteiger partial charge in [0.05, 0.1) is 18.2 Å². The molecule has 1 N–H and O–H groups in total. The number of rotatable bonds is 9. The molecule has 2 unspecified atom stereocenters. The molecule has 1 aliphatic rings. The van der Waals surface area contributed by atoms with Crippen LogP contribution in [0.1, 0.15) is 37.0 Å². The molecule has 0 aliphatic carbocycles. The van der Waals surface area contributed by atoms with Crippen LogP contribution in [0.25, 0.3) is 0 Å². The van der Waals surface area contributed by atoms with Gasteiger partial charge in [-0.05, 0) is 50.5 Å². The first kappa shape index (κ1) is 23.4. The standard InChI is InChI=1S/C25H32N2O3S/c1-5-30-14-8-13-26-24(28)19(4)23-25(29)27(21-9-6-7-10-22(21)31-23)16-20-15-17(2)11-12-18(20)3/h6-7,9-12,15,19,23H,5,8,13-14,16H2,1-4H3,(H,26,28). The van der Waals surface area contributed by atoms with E-state index in [0.717, 1.165) is 28.1 Å². The Morgan fingerprint density at radius 3 is 2.77 bits per heavy atom. The number of nitrogens with one attached hydrogen (secondary N) is 1. The van der Waals surface area contributed by atoms with Crippen LogP contribution in [0, 0.1) is 19.8 Å². The minimum absolute atomic E-state index is 0.0124. The topological polar surface area (TPSA) is 58.6 Å². The van der Waals surface area contributed by atoms with Crippen molar-refractivity contribution in [3.05, 3.63) is 59.2 Å². The number of benzene rings is 2. The third kappa shape index (κ3) is 5.69. The highest BCUT2D eigenvalue weighted by Crippen LogP contribution is 2.42. The number of amides is 2. The molecule has 0 spiro atoms. The Bertz CT molecular complexity index is 931. The molecule has 166 valence electrons. The summed E-state index contributed by atoms with van der Waals surface area (Å²) in [5.41, 5.74) is 4.37. The van der Waals surface area contributed by atoms with Crippen molar-refractivity contribution in [2.75, 3.05) is 24.7 Å². The molecule has 0 fully saturated rings. The molecule has 1 aliphatic heterocycles. The Kier molecular flexibility index (Phi) is 8.15. The summed E-state index contributed by atoms with van der Waals surface area (Å²) in [6, 6.07) is 14.3. The van der Waals surface area contributed by atoms with Crippen molar-refractivity contribution in [2.45, 2.75) is 50.8 Å². The minimum Gasteiger partial charge on any atom is -0.382 e. The van der Waals surface area contributed by atoms with Gasteiger partial charge in [-0.15, -0.1) is 11.8 Å². The van der Waals surface area contributed by atoms with Crippen LogP contribution in [-0.2, 0) is 20.9 Å². The molecule has 2 aromatic carbocycles. The number of nitrogens with zero attached hydrogens (tertiary/aromatic N) is 1. The molecule has 0 radical (unpaired) electrons. The maximum Gasteiger partial charge on any atom is 0.241 e. The summed E-state index contributed by atoms with van der Waals surface area (Å²) in [6.45, 7) is 10.3. The fourth-order valence-corrected chi connectivity index (χ4v) is 4.97. The third-order valence-corrected chi connectivity index (χ3v) is 7.05. The van der Waals surface area contributed by atoms with E-state index >= 15 is 0 Å². The van der Waals surface area contributed by atoms with Gasteiger partial charge >= 0.3 is 0 Å². The van der Waals surface area contributed by atoms with Gasteiger partial charge in [0.2, 0.25) is 11.8 Å². The molecule has 0 aromatic heterocycles. The molecular formula is C25H32N2O3S. The SMILES string of the molecule is CCOCCCNC(=O)C(C)C1Sc2ccccc2N(Cc2cc(C)ccc2C)C1=O. The molecule has 2 amide bonds. The number of hydrogen-bond acceptors (Lipinski definition) is 4. The first-order valence-electron chi connectivity index (χ1n) is 10.9. The number of ether oxygens (including phenoxy) is 1. The first-order valence-corrected chi connectivity index (χ1v) is 11.8. The van der Waals surface area contributed by atoms with E-state index < -0.39 is 11.2 Å². The average molecular weight is 441 g/mol. The van der Waals surface area contributed by atoms with Crippen LogP contribution < -0.4 is 10.2 Å². The van der Waals surface area contributed by atoms with Crippen LogP contribution >= 0.6 is 11.8 Å². The van der Waals surface area contributed by atoms with Gasteiger partial charge in [0, 0.05) is 24.7 Å². The quantitative estimate of drug-likeness (QED) is 0.584. The van der Waals surface area contributed by atoms with E-state index in [0.29, 0.717) is 26.3 Å².